The van der Waals surface area contributed by atoms with Gasteiger partial charge in [-0.1, -0.05) is 13.8 Å². The van der Waals surface area contributed by atoms with E-state index in [1.165, 1.54) is 18.3 Å². The van der Waals surface area contributed by atoms with E-state index in [2.05, 4.69) is 24.7 Å². The first-order valence-corrected chi connectivity index (χ1v) is 9.15. The molecule has 3 aromatic heterocycles. The Bertz CT molecular complexity index is 1070. The van der Waals surface area contributed by atoms with E-state index in [9.17, 15) is 26.3 Å². The van der Waals surface area contributed by atoms with Gasteiger partial charge in [0.05, 0.1) is 6.61 Å². The van der Waals surface area contributed by atoms with Crippen LogP contribution in [0.2, 0.25) is 0 Å². The van der Waals surface area contributed by atoms with E-state index in [1.54, 1.807) is 13.8 Å². The van der Waals surface area contributed by atoms with Gasteiger partial charge in [0.1, 0.15) is 0 Å². The van der Waals surface area contributed by atoms with Crippen LogP contribution in [-0.4, -0.2) is 38.5 Å². The Balaban J connectivity index is 1.92. The lowest BCUT2D eigenvalue weighted by molar-refractivity contribution is -0.258. The van der Waals surface area contributed by atoms with Gasteiger partial charge in [-0.25, -0.2) is 9.37 Å². The van der Waals surface area contributed by atoms with Gasteiger partial charge in [0.25, 0.3) is 5.88 Å². The molecule has 31 heavy (non-hydrogen) atoms. The minimum Gasteiger partial charge on any atom is -0.463 e. The number of hydrogen-bond donors (Lipinski definition) is 0. The number of alkyl halides is 5. The Kier molecular flexibility index (Phi) is 6.12. The van der Waals surface area contributed by atoms with Crippen molar-refractivity contribution in [3.05, 3.63) is 42.2 Å². The van der Waals surface area contributed by atoms with Gasteiger partial charge in [-0.2, -0.15) is 22.0 Å². The zero-order valence-electron chi connectivity index (χ0n) is 16.6. The average Bonchev–Trinajstić information content (AvgIpc) is 3.11. The summed E-state index contributed by atoms with van der Waals surface area (Å²) >= 11 is 0. The molecule has 168 valence electrons. The monoisotopic (exact) mass is 448 g/mol. The second kappa shape index (κ2) is 8.33. The lowest BCUT2D eigenvalue weighted by Crippen LogP contribution is -2.31. The first-order chi connectivity index (χ1) is 14.4. The van der Waals surface area contributed by atoms with Gasteiger partial charge in [0.2, 0.25) is 5.82 Å². The smallest absolute Gasteiger partial charge is 0.425 e. The highest BCUT2D eigenvalue weighted by Crippen LogP contribution is 2.31. The van der Waals surface area contributed by atoms with E-state index in [0.717, 1.165) is 23.6 Å². The lowest BCUT2D eigenvalue weighted by atomic mass is 10.1. The molecule has 1 atom stereocenters. The number of nitrogens with zero attached hydrogens (tertiary/aromatic N) is 4. The summed E-state index contributed by atoms with van der Waals surface area (Å²) in [7, 11) is 0. The summed E-state index contributed by atoms with van der Waals surface area (Å²) in [5.74, 6) is -2.87. The summed E-state index contributed by atoms with van der Waals surface area (Å²) in [6, 6.07) is 3.72. The summed E-state index contributed by atoms with van der Waals surface area (Å²) in [5.41, 5.74) is 0.464. The number of ether oxygens (including phenoxy) is 2. The Labute approximate surface area is 172 Å². The minimum atomic E-state index is -4.69. The van der Waals surface area contributed by atoms with Crippen molar-refractivity contribution in [2.75, 3.05) is 6.61 Å². The van der Waals surface area contributed by atoms with E-state index >= 15 is 0 Å². The highest BCUT2D eigenvalue weighted by atomic mass is 19.4. The maximum atomic E-state index is 14.4. The highest BCUT2D eigenvalue weighted by molar-refractivity contribution is 5.64. The van der Waals surface area contributed by atoms with Crippen molar-refractivity contribution in [1.29, 1.82) is 0 Å². The van der Waals surface area contributed by atoms with Crippen LogP contribution in [0.15, 0.2) is 30.6 Å². The van der Waals surface area contributed by atoms with Crippen molar-refractivity contribution in [3.63, 3.8) is 0 Å². The zero-order chi connectivity index (χ0) is 23.0. The van der Waals surface area contributed by atoms with Crippen molar-refractivity contribution in [3.8, 4) is 17.0 Å². The standard InChI is InChI=1S/C19H18F6N4O2/c1-10(2)9-30-19(24,25)17-28-27-15-5-4-12(8-29(15)17)13-6-14(20)16(26-7-13)31-11(3)18(21,22)23/h4-8,10-11H,9H2,1-3H3/t11-/m1/s1. The lowest BCUT2D eigenvalue weighted by Gasteiger charge is -2.17. The van der Waals surface area contributed by atoms with Gasteiger partial charge in [0.15, 0.2) is 17.6 Å². The summed E-state index contributed by atoms with van der Waals surface area (Å²) in [4.78, 5) is 3.59. The predicted octanol–water partition coefficient (Wildman–Crippen LogP) is 4.98. The molecular formula is C19H18F6N4O2. The third kappa shape index (κ3) is 5.06. The number of pyridine rings is 2. The molecule has 6 nitrogen and oxygen atoms in total. The van der Waals surface area contributed by atoms with Crippen LogP contribution in [-0.2, 0) is 10.8 Å². The highest BCUT2D eigenvalue weighted by Gasteiger charge is 2.40. The molecule has 0 spiro atoms. The third-order valence-electron chi connectivity index (χ3n) is 4.15. The van der Waals surface area contributed by atoms with Crippen molar-refractivity contribution < 1.29 is 35.8 Å². The molecule has 0 aromatic carbocycles. The molecule has 0 aliphatic carbocycles. The van der Waals surface area contributed by atoms with Gasteiger partial charge in [-0.05, 0) is 31.0 Å². The van der Waals surface area contributed by atoms with Crippen LogP contribution in [0.3, 0.4) is 0 Å². The van der Waals surface area contributed by atoms with Gasteiger partial charge in [-0.15, -0.1) is 10.2 Å². The van der Waals surface area contributed by atoms with Gasteiger partial charge in [-0.3, -0.25) is 4.40 Å². The van der Waals surface area contributed by atoms with Gasteiger partial charge in [0, 0.05) is 23.5 Å². The van der Waals surface area contributed by atoms with Crippen molar-refractivity contribution in [2.24, 2.45) is 5.92 Å². The summed E-state index contributed by atoms with van der Waals surface area (Å²) in [5, 5.41) is 7.16. The molecule has 0 bridgehead atoms. The van der Waals surface area contributed by atoms with Crippen LogP contribution in [0.4, 0.5) is 26.3 Å². The molecule has 3 rings (SSSR count). The molecule has 3 heterocycles. The molecule has 0 radical (unpaired) electrons. The molecule has 0 N–H and O–H groups in total. The molecule has 0 amide bonds. The molecule has 0 saturated heterocycles. The van der Waals surface area contributed by atoms with E-state index < -0.39 is 35.9 Å². The number of halogens is 6. The first kappa shape index (κ1) is 22.8. The summed E-state index contributed by atoms with van der Waals surface area (Å²) in [6.45, 7) is 3.92. The largest absolute Gasteiger partial charge is 0.463 e. The maximum Gasteiger partial charge on any atom is 0.425 e. The molecule has 12 heteroatoms. The fourth-order valence-electron chi connectivity index (χ4n) is 2.50. The van der Waals surface area contributed by atoms with E-state index in [0.29, 0.717) is 0 Å². The Morgan fingerprint density at radius 3 is 2.35 bits per heavy atom. The Morgan fingerprint density at radius 2 is 1.74 bits per heavy atom. The van der Waals surface area contributed by atoms with Gasteiger partial charge < -0.3 is 9.47 Å². The molecule has 0 fully saturated rings. The zero-order valence-corrected chi connectivity index (χ0v) is 16.6. The normalized spacial score (nSPS) is 13.7. The van der Waals surface area contributed by atoms with Crippen LogP contribution in [0.25, 0.3) is 16.8 Å². The quantitative estimate of drug-likeness (QED) is 0.477. The maximum absolute atomic E-state index is 14.4. The number of fused-ring (bicyclic) bond motifs is 1. The van der Waals surface area contributed by atoms with Crippen molar-refractivity contribution in [2.45, 2.75) is 39.2 Å². The topological polar surface area (TPSA) is 61.5 Å². The Hall–Kier alpha value is -2.89. The molecular weight excluding hydrogens is 430 g/mol. The van der Waals surface area contributed by atoms with Gasteiger partial charge >= 0.3 is 12.3 Å². The number of aromatic nitrogens is 4. The van der Waals surface area contributed by atoms with E-state index in [1.807, 2.05) is 0 Å². The average molecular weight is 448 g/mol. The minimum absolute atomic E-state index is 0.0963. The van der Waals surface area contributed by atoms with Crippen LogP contribution < -0.4 is 4.74 Å². The summed E-state index contributed by atoms with van der Waals surface area (Å²) < 4.78 is 91.1. The number of hydrogen-bond acceptors (Lipinski definition) is 5. The fraction of sp³-hybridized carbons (Fsp3) is 0.421. The molecule has 0 aliphatic rings. The Morgan fingerprint density at radius 1 is 1.03 bits per heavy atom. The molecule has 0 aliphatic heterocycles. The van der Waals surface area contributed by atoms with Crippen LogP contribution in [0, 0.1) is 11.7 Å². The second-order valence-electron chi connectivity index (χ2n) is 7.20. The molecule has 0 unspecified atom stereocenters. The van der Waals surface area contributed by atoms with E-state index in [4.69, 9.17) is 0 Å². The van der Waals surface area contributed by atoms with Crippen molar-refractivity contribution in [1.82, 2.24) is 19.6 Å². The van der Waals surface area contributed by atoms with Crippen LogP contribution in [0.1, 0.15) is 26.6 Å². The first-order valence-electron chi connectivity index (χ1n) is 9.15. The number of rotatable bonds is 7. The summed E-state index contributed by atoms with van der Waals surface area (Å²) in [6.07, 6.45) is -8.38. The SMILES string of the molecule is CC(C)COC(F)(F)c1nnc2ccc(-c3cnc(O[C@H](C)C(F)(F)F)c(F)c3)cn12. The third-order valence-corrected chi connectivity index (χ3v) is 4.15. The van der Waals surface area contributed by atoms with Crippen LogP contribution >= 0.6 is 0 Å². The fourth-order valence-corrected chi connectivity index (χ4v) is 2.50. The van der Waals surface area contributed by atoms with Crippen molar-refractivity contribution >= 4 is 5.65 Å². The molecule has 0 saturated carbocycles. The van der Waals surface area contributed by atoms with E-state index in [-0.39, 0.29) is 29.3 Å². The van der Waals surface area contributed by atoms with Crippen LogP contribution in [0.5, 0.6) is 5.88 Å². The predicted molar refractivity (Wildman–Crippen MR) is 97.0 cm³/mol. The molecule has 3 aromatic rings. The second-order valence-corrected chi connectivity index (χ2v) is 7.20.